The normalized spacial score (nSPS) is 20.4. The number of benzene rings is 2. The summed E-state index contributed by atoms with van der Waals surface area (Å²) in [6.07, 6.45) is -1.87. The second kappa shape index (κ2) is 14.0. The van der Waals surface area contributed by atoms with Gasteiger partial charge in [-0.1, -0.05) is 32.9 Å². The molecule has 4 aliphatic heterocycles. The molecule has 0 spiro atoms. The van der Waals surface area contributed by atoms with Crippen LogP contribution < -0.4 is 14.4 Å². The van der Waals surface area contributed by atoms with Crippen LogP contribution in [0, 0.1) is 0 Å². The number of carbonyl (C=O) groups is 1. The minimum Gasteiger partial charge on any atom is -0.486 e. The zero-order valence-electron chi connectivity index (χ0n) is 31.3. The third kappa shape index (κ3) is 8.10. The molecule has 1 amide bonds. The summed E-state index contributed by atoms with van der Waals surface area (Å²) in [6.45, 7) is 21.2. The number of aliphatic hydroxyl groups is 1. The smallest absolute Gasteiger partial charge is 0.410 e. The lowest BCUT2D eigenvalue weighted by Crippen LogP contribution is -2.50. The van der Waals surface area contributed by atoms with Crippen LogP contribution in [-0.2, 0) is 19.2 Å². The van der Waals surface area contributed by atoms with E-state index in [9.17, 15) is 18.3 Å². The molecule has 2 aromatic carbocycles. The van der Waals surface area contributed by atoms with E-state index in [1.165, 1.54) is 4.31 Å². The van der Waals surface area contributed by atoms with Gasteiger partial charge in [-0.05, 0) is 79.9 Å². The van der Waals surface area contributed by atoms with Crippen LogP contribution in [-0.4, -0.2) is 119 Å². The van der Waals surface area contributed by atoms with Crippen molar-refractivity contribution in [1.29, 1.82) is 0 Å². The van der Waals surface area contributed by atoms with Crippen LogP contribution >= 0.6 is 0 Å². The topological polar surface area (TPSA) is 121 Å². The minimum absolute atomic E-state index is 0.0890. The highest BCUT2D eigenvalue weighted by atomic mass is 32.2. The zero-order chi connectivity index (χ0) is 36.9. The van der Waals surface area contributed by atoms with E-state index >= 15 is 0 Å². The van der Waals surface area contributed by atoms with Crippen molar-refractivity contribution >= 4 is 30.1 Å². The molecule has 0 aromatic heterocycles. The van der Waals surface area contributed by atoms with E-state index in [4.69, 9.17) is 18.6 Å². The first-order valence-corrected chi connectivity index (χ1v) is 22.2. The molecule has 4 aliphatic rings. The Morgan fingerprint density at radius 3 is 2.10 bits per heavy atom. The lowest BCUT2D eigenvalue weighted by Gasteiger charge is -2.42. The number of amides is 1. The highest BCUT2D eigenvalue weighted by Gasteiger charge is 2.45. The highest BCUT2D eigenvalue weighted by molar-refractivity contribution is 7.89. The van der Waals surface area contributed by atoms with Crippen molar-refractivity contribution in [3.63, 3.8) is 0 Å². The van der Waals surface area contributed by atoms with Crippen LogP contribution in [0.1, 0.15) is 53.2 Å². The van der Waals surface area contributed by atoms with Gasteiger partial charge in [0.25, 0.3) is 0 Å². The van der Waals surface area contributed by atoms with Crippen molar-refractivity contribution < 1.29 is 37.0 Å². The van der Waals surface area contributed by atoms with Crippen molar-refractivity contribution in [2.24, 2.45) is 0 Å². The van der Waals surface area contributed by atoms with Gasteiger partial charge in [-0.3, -0.25) is 4.90 Å². The van der Waals surface area contributed by atoms with Crippen molar-refractivity contribution in [1.82, 2.24) is 14.1 Å². The Morgan fingerprint density at radius 2 is 1.49 bits per heavy atom. The molecule has 0 saturated carbocycles. The van der Waals surface area contributed by atoms with Gasteiger partial charge in [-0.15, -0.1) is 0 Å². The molecule has 2 unspecified atom stereocenters. The van der Waals surface area contributed by atoms with Crippen LogP contribution in [0.15, 0.2) is 58.5 Å². The average molecular weight is 743 g/mol. The van der Waals surface area contributed by atoms with Gasteiger partial charge in [-0.25, -0.2) is 13.2 Å². The molecule has 1 saturated heterocycles. The number of hydrogen-bond donors (Lipinski definition) is 1. The van der Waals surface area contributed by atoms with E-state index in [-0.39, 0.29) is 29.1 Å². The molecule has 2 atom stereocenters. The Hall–Kier alpha value is -3.14. The Kier molecular flexibility index (Phi) is 10.3. The molecule has 1 N–H and O–H groups in total. The van der Waals surface area contributed by atoms with Crippen molar-refractivity contribution in [3.8, 4) is 11.5 Å². The number of carbonyl (C=O) groups excluding carboxylic acids is 1. The van der Waals surface area contributed by atoms with E-state index in [0.29, 0.717) is 64.0 Å². The second-order valence-corrected chi connectivity index (χ2v) is 23.1. The lowest BCUT2D eigenvalue weighted by atomic mass is 10.1. The molecular formula is C37H54N4O8SSi. The van der Waals surface area contributed by atoms with Crippen molar-refractivity contribution in [2.45, 2.75) is 82.5 Å². The van der Waals surface area contributed by atoms with Crippen molar-refractivity contribution in [2.75, 3.05) is 70.5 Å². The number of fused-ring (bicyclic) bond motifs is 1. The van der Waals surface area contributed by atoms with Gasteiger partial charge in [0, 0.05) is 64.1 Å². The molecule has 0 bridgehead atoms. The summed E-state index contributed by atoms with van der Waals surface area (Å²) in [7, 11) is -6.11. The number of sulfonamides is 1. The van der Waals surface area contributed by atoms with Gasteiger partial charge >= 0.3 is 6.09 Å². The van der Waals surface area contributed by atoms with Crippen LogP contribution in [0.3, 0.4) is 0 Å². The molecule has 0 radical (unpaired) electrons. The van der Waals surface area contributed by atoms with Gasteiger partial charge in [0.15, 0.2) is 19.8 Å². The summed E-state index contributed by atoms with van der Waals surface area (Å²) < 4.78 is 52.7. The molecule has 0 aliphatic carbocycles. The van der Waals surface area contributed by atoms with Gasteiger partial charge in [-0.2, -0.15) is 4.31 Å². The molecule has 1 fully saturated rings. The Morgan fingerprint density at radius 1 is 0.863 bits per heavy atom. The van der Waals surface area contributed by atoms with Gasteiger partial charge in [0.05, 0.1) is 4.90 Å². The number of anilines is 1. The number of aliphatic hydroxyl groups excluding tert-OH is 1. The quantitative estimate of drug-likeness (QED) is 0.285. The number of nitrogens with zero attached hydrogens (tertiary/aromatic N) is 4. The monoisotopic (exact) mass is 742 g/mol. The predicted molar refractivity (Wildman–Crippen MR) is 198 cm³/mol. The maximum absolute atomic E-state index is 13.7. The fraction of sp³-hybridized carbons (Fsp3) is 0.595. The van der Waals surface area contributed by atoms with Crippen LogP contribution in [0.4, 0.5) is 10.5 Å². The summed E-state index contributed by atoms with van der Waals surface area (Å²) in [4.78, 5) is 18.8. The third-order valence-corrected chi connectivity index (χ3v) is 16.8. The molecular weight excluding hydrogens is 689 g/mol. The standard InChI is InChI=1S/C37H54N4O8SSi/c1-36(2,3)48-35(43)39-16-14-38(15-17-39)29-11-9-10-26(20-29)33(49-51(7,8)37(4,5)6)34(42)40-22-27-24-41(25-28(27)23-40)50(44,45)30-12-13-31-32(21-30)47-19-18-46-31/h9-13,20-21,33-34,42H,14-19,22-25H2,1-8H3. The Labute approximate surface area is 304 Å². The fourth-order valence-electron chi connectivity index (χ4n) is 6.62. The van der Waals surface area contributed by atoms with Crippen molar-refractivity contribution in [3.05, 3.63) is 59.2 Å². The number of rotatable bonds is 8. The summed E-state index contributed by atoms with van der Waals surface area (Å²) >= 11 is 0. The first kappa shape index (κ1) is 37.6. The molecule has 2 aromatic rings. The van der Waals surface area contributed by atoms with Gasteiger partial charge < -0.3 is 33.5 Å². The Balaban J connectivity index is 1.16. The number of piperazine rings is 1. The van der Waals surface area contributed by atoms with Crippen LogP contribution in [0.2, 0.25) is 18.1 Å². The Bertz CT molecular complexity index is 1740. The average Bonchev–Trinajstić information content (AvgIpc) is 3.66. The maximum Gasteiger partial charge on any atom is 0.410 e. The highest BCUT2D eigenvalue weighted by Crippen LogP contribution is 2.43. The fourth-order valence-corrected chi connectivity index (χ4v) is 9.32. The number of ether oxygens (including phenoxy) is 3. The van der Waals surface area contributed by atoms with E-state index in [0.717, 1.165) is 22.4 Å². The summed E-state index contributed by atoms with van der Waals surface area (Å²) in [5.41, 5.74) is 3.37. The second-order valence-electron chi connectivity index (χ2n) is 16.5. The molecule has 280 valence electrons. The maximum atomic E-state index is 13.7. The first-order valence-electron chi connectivity index (χ1n) is 17.8. The number of hydrogen-bond acceptors (Lipinski definition) is 10. The summed E-state index contributed by atoms with van der Waals surface area (Å²) in [5, 5.41) is 12.0. The van der Waals surface area contributed by atoms with E-state index < -0.39 is 36.3 Å². The molecule has 14 heteroatoms. The zero-order valence-corrected chi connectivity index (χ0v) is 33.1. The molecule has 51 heavy (non-hydrogen) atoms. The largest absolute Gasteiger partial charge is 0.486 e. The van der Waals surface area contributed by atoms with E-state index in [1.54, 1.807) is 23.1 Å². The predicted octanol–water partition coefficient (Wildman–Crippen LogP) is 5.21. The minimum atomic E-state index is -3.76. The molecule has 12 nitrogen and oxygen atoms in total. The first-order chi connectivity index (χ1) is 23.8. The third-order valence-electron chi connectivity index (χ3n) is 10.5. The van der Waals surface area contributed by atoms with Gasteiger partial charge in [0.2, 0.25) is 10.0 Å². The van der Waals surface area contributed by atoms with Gasteiger partial charge in [0.1, 0.15) is 31.1 Å². The van der Waals surface area contributed by atoms with E-state index in [1.807, 2.05) is 37.8 Å². The summed E-state index contributed by atoms with van der Waals surface area (Å²) in [5.74, 6) is 0.990. The van der Waals surface area contributed by atoms with Crippen LogP contribution in [0.25, 0.3) is 0 Å². The summed E-state index contributed by atoms with van der Waals surface area (Å²) in [6, 6.07) is 12.9. The molecule has 4 heterocycles. The van der Waals surface area contributed by atoms with Crippen LogP contribution in [0.5, 0.6) is 11.5 Å². The molecule has 6 rings (SSSR count). The lowest BCUT2D eigenvalue weighted by molar-refractivity contribution is -0.0688. The SMILES string of the molecule is CC(C)(C)OC(=O)N1CCN(c2cccc(C(O[Si](C)(C)C(C)(C)C)C(O)N3CC4=C(C3)CN(S(=O)(=O)c3ccc5c(c3)OCCO5)C4)c2)CC1. The van der Waals surface area contributed by atoms with E-state index in [2.05, 4.69) is 50.9 Å².